The normalized spacial score (nSPS) is 11.4. The van der Waals surface area contributed by atoms with Crippen LogP contribution in [0, 0.1) is 0 Å². The summed E-state index contributed by atoms with van der Waals surface area (Å²) < 4.78 is 0. The molecule has 8 rings (SSSR count). The third kappa shape index (κ3) is 10.5. The molecule has 0 heterocycles. The van der Waals surface area contributed by atoms with E-state index in [9.17, 15) is 10.2 Å². The molecule has 0 unspecified atom stereocenters. The van der Waals surface area contributed by atoms with Gasteiger partial charge in [-0.15, -0.1) is 0 Å². The van der Waals surface area contributed by atoms with E-state index in [2.05, 4.69) is 142 Å². The Balaban J connectivity index is 0.000000206. The molecule has 0 saturated heterocycles. The molecule has 0 atom stereocenters. The van der Waals surface area contributed by atoms with Crippen LogP contribution >= 0.6 is 0 Å². The van der Waals surface area contributed by atoms with E-state index < -0.39 is 6.15 Å². The maximum atomic E-state index is 12.2. The van der Waals surface area contributed by atoms with E-state index in [0.717, 1.165) is 47.7 Å². The molecule has 0 fully saturated rings. The maximum absolute atomic E-state index is 12.2. The molecule has 1 radical (unpaired) electrons. The van der Waals surface area contributed by atoms with Crippen molar-refractivity contribution >= 4 is 62.0 Å². The van der Waals surface area contributed by atoms with Crippen LogP contribution in [-0.4, -0.2) is 57.8 Å². The van der Waals surface area contributed by atoms with Crippen LogP contribution in [0.4, 0.5) is 0 Å². The van der Waals surface area contributed by atoms with Crippen LogP contribution in [0.3, 0.4) is 0 Å². The summed E-state index contributed by atoms with van der Waals surface area (Å²) in [5.41, 5.74) is 6.65. The second-order valence-electron chi connectivity index (χ2n) is 14.5. The van der Waals surface area contributed by atoms with Crippen LogP contribution < -0.4 is 42.7 Å². The summed E-state index contributed by atoms with van der Waals surface area (Å²) in [7, 11) is 0. The Labute approximate surface area is 364 Å². The molecule has 0 aliphatic heterocycles. The zero-order chi connectivity index (χ0) is 40.5. The van der Waals surface area contributed by atoms with Gasteiger partial charge >= 0.3 is 17.1 Å². The molecule has 297 valence electrons. The Morgan fingerprint density at radius 2 is 0.700 bits per heavy atom. The van der Waals surface area contributed by atoms with Crippen LogP contribution in [0.5, 0.6) is 11.5 Å². The standard InChI is InChI=1S/C28H30N4O2.C24H20B.Fe/c33-27-11-9-21-5-1-3-7-23(21)25(27)19-31-17-15-29-13-14-30-16-18-32-20-26-24-8-4-2-6-22(24)10-12-28(26)34;1-5-13-21(14-6-1)25(22-15-7-2-8-16-22,23-17-9-3-10-18-23)24-19-11-4-12-20-24;/h1-12,19-20,29-30,33-34H,13-18H2;1-20H;/q;-1;+5/p-2. The van der Waals surface area contributed by atoms with Gasteiger partial charge in [-0.05, 0) is 32.7 Å². The van der Waals surface area contributed by atoms with Crippen molar-refractivity contribution in [2.75, 3.05) is 39.3 Å². The molecule has 0 aliphatic carbocycles. The van der Waals surface area contributed by atoms with Crippen molar-refractivity contribution in [2.24, 2.45) is 9.98 Å². The van der Waals surface area contributed by atoms with Gasteiger partial charge in [0, 0.05) is 38.6 Å². The van der Waals surface area contributed by atoms with Crippen LogP contribution in [0.2, 0.25) is 0 Å². The van der Waals surface area contributed by atoms with Crippen LogP contribution in [0.1, 0.15) is 11.1 Å². The fourth-order valence-electron chi connectivity index (χ4n) is 7.96. The summed E-state index contributed by atoms with van der Waals surface area (Å²) in [6, 6.07) is 66.1. The van der Waals surface area contributed by atoms with Crippen LogP contribution in [0.15, 0.2) is 204 Å². The summed E-state index contributed by atoms with van der Waals surface area (Å²) >= 11 is 0. The Hall–Kier alpha value is -6.28. The zero-order valence-corrected chi connectivity index (χ0v) is 34.6. The summed E-state index contributed by atoms with van der Waals surface area (Å²) in [4.78, 5) is 8.83. The third-order valence-corrected chi connectivity index (χ3v) is 10.8. The molecule has 60 heavy (non-hydrogen) atoms. The monoisotopic (exact) mass is 827 g/mol. The molecular weight excluding hydrogens is 779 g/mol. The van der Waals surface area contributed by atoms with E-state index in [0.29, 0.717) is 24.2 Å². The fraction of sp³-hybridized carbons (Fsp3) is 0.115. The molecule has 0 saturated carbocycles. The Morgan fingerprint density at radius 3 is 1.05 bits per heavy atom. The van der Waals surface area contributed by atoms with Gasteiger partial charge in [-0.3, -0.25) is 9.98 Å². The molecular formula is C52H48BFeN4O2+2. The number of aliphatic imine (C=N–C) groups is 2. The smallest absolute Gasteiger partial charge is 0.872 e. The minimum absolute atomic E-state index is 0. The average Bonchev–Trinajstić information content (AvgIpc) is 3.30. The van der Waals surface area contributed by atoms with E-state index in [-0.39, 0.29) is 28.6 Å². The van der Waals surface area contributed by atoms with E-state index in [4.69, 9.17) is 0 Å². The Bertz CT molecular complexity index is 2330. The number of hydrogen-bond donors (Lipinski definition) is 2. The largest absolute Gasteiger partial charge is 5.00 e. The number of nitrogens with one attached hydrogen (secondary N) is 2. The van der Waals surface area contributed by atoms with Crippen LogP contribution in [-0.2, 0) is 17.1 Å². The van der Waals surface area contributed by atoms with Gasteiger partial charge in [0.1, 0.15) is 6.15 Å². The van der Waals surface area contributed by atoms with E-state index >= 15 is 0 Å². The predicted octanol–water partition coefficient (Wildman–Crippen LogP) is 5.92. The van der Waals surface area contributed by atoms with Gasteiger partial charge in [-0.1, -0.05) is 206 Å². The van der Waals surface area contributed by atoms with Gasteiger partial charge in [0.15, 0.2) is 0 Å². The first-order chi connectivity index (χ1) is 29.2. The molecule has 0 aliphatic rings. The number of nitrogens with zero attached hydrogens (tertiary/aromatic N) is 2. The van der Waals surface area contributed by atoms with Crippen molar-refractivity contribution < 1.29 is 27.3 Å². The second kappa shape index (κ2) is 22.2. The molecule has 8 aromatic rings. The van der Waals surface area contributed by atoms with Gasteiger partial charge < -0.3 is 20.8 Å². The van der Waals surface area contributed by atoms with Crippen LogP contribution in [0.25, 0.3) is 21.5 Å². The Morgan fingerprint density at radius 1 is 0.383 bits per heavy atom. The molecule has 6 nitrogen and oxygen atoms in total. The molecule has 0 bridgehead atoms. The van der Waals surface area contributed by atoms with Crippen molar-refractivity contribution in [2.45, 2.75) is 0 Å². The predicted molar refractivity (Wildman–Crippen MR) is 248 cm³/mol. The molecule has 0 aromatic heterocycles. The van der Waals surface area contributed by atoms with Gasteiger partial charge in [0.25, 0.3) is 0 Å². The van der Waals surface area contributed by atoms with Crippen molar-refractivity contribution in [3.05, 3.63) is 205 Å². The number of fused-ring (bicyclic) bond motifs is 2. The van der Waals surface area contributed by atoms with E-state index in [1.54, 1.807) is 24.6 Å². The molecule has 0 amide bonds. The first kappa shape index (κ1) is 43.3. The van der Waals surface area contributed by atoms with Gasteiger partial charge in [-0.2, -0.15) is 21.9 Å². The molecule has 8 aromatic carbocycles. The van der Waals surface area contributed by atoms with Crippen molar-refractivity contribution in [1.29, 1.82) is 0 Å². The zero-order valence-electron chi connectivity index (χ0n) is 33.5. The van der Waals surface area contributed by atoms with E-state index in [1.807, 2.05) is 60.7 Å². The van der Waals surface area contributed by atoms with Crippen molar-refractivity contribution in [3.8, 4) is 11.5 Å². The molecule has 8 heteroatoms. The molecule has 0 spiro atoms. The number of benzene rings is 8. The van der Waals surface area contributed by atoms with Crippen molar-refractivity contribution in [1.82, 2.24) is 10.6 Å². The minimum atomic E-state index is -1.22. The van der Waals surface area contributed by atoms with E-state index in [1.165, 1.54) is 21.9 Å². The second-order valence-corrected chi connectivity index (χ2v) is 14.5. The SMILES string of the molecule is [Fe+5].[O-]c1ccc2ccccc2c1C=NCCNCCNCCN=Cc1c([O-])ccc2ccccc12.c1ccc([B-](c2ccccc2)(c2ccccc2)c2ccccc2)cc1. The van der Waals surface area contributed by atoms with Gasteiger partial charge in [-0.25, -0.2) is 0 Å². The van der Waals surface area contributed by atoms with Crippen molar-refractivity contribution in [3.63, 3.8) is 0 Å². The average molecular weight is 828 g/mol. The first-order valence-electron chi connectivity index (χ1n) is 20.3. The maximum Gasteiger partial charge on any atom is 5.00 e. The van der Waals surface area contributed by atoms with Gasteiger partial charge in [0.05, 0.1) is 13.1 Å². The summed E-state index contributed by atoms with van der Waals surface area (Å²) in [6.45, 7) is 4.32. The fourth-order valence-corrected chi connectivity index (χ4v) is 7.96. The number of rotatable bonds is 15. The minimum Gasteiger partial charge on any atom is -0.872 e. The third-order valence-electron chi connectivity index (χ3n) is 10.8. The number of hydrogen-bond acceptors (Lipinski definition) is 6. The summed E-state index contributed by atoms with van der Waals surface area (Å²) in [5, 5.41) is 34.9. The first-order valence-corrected chi connectivity index (χ1v) is 20.3. The topological polar surface area (TPSA) is 94.9 Å². The Kier molecular flexibility index (Phi) is 16.0. The quantitative estimate of drug-likeness (QED) is 0.0764. The molecule has 2 N–H and O–H groups in total. The summed E-state index contributed by atoms with van der Waals surface area (Å²) in [5.74, 6) is -0.0108. The van der Waals surface area contributed by atoms with Gasteiger partial charge in [0.2, 0.25) is 0 Å². The summed E-state index contributed by atoms with van der Waals surface area (Å²) in [6.07, 6.45) is 2.16.